The van der Waals surface area contributed by atoms with Crippen LogP contribution in [0.15, 0.2) is 0 Å². The molecule has 0 aromatic carbocycles. The summed E-state index contributed by atoms with van der Waals surface area (Å²) in [7, 11) is 0. The van der Waals surface area contributed by atoms with Crippen LogP contribution in [-0.4, -0.2) is 16.3 Å². The average molecular weight is 218 g/mol. The van der Waals surface area contributed by atoms with Gasteiger partial charge in [0, 0.05) is 16.8 Å². The van der Waals surface area contributed by atoms with Crippen molar-refractivity contribution in [3.8, 4) is 0 Å². The summed E-state index contributed by atoms with van der Waals surface area (Å²) in [5, 5.41) is 3.41. The zero-order chi connectivity index (χ0) is 11.7. The lowest BCUT2D eigenvalue weighted by Crippen LogP contribution is -2.26. The second kappa shape index (κ2) is 2.53. The van der Waals surface area contributed by atoms with Gasteiger partial charge in [0.25, 0.3) is 0 Å². The molecule has 1 aliphatic heterocycles. The van der Waals surface area contributed by atoms with Gasteiger partial charge in [-0.2, -0.15) is 0 Å². The minimum absolute atomic E-state index is 0.00387. The molecule has 1 fully saturated rings. The number of aromatic amines is 1. The summed E-state index contributed by atoms with van der Waals surface area (Å²) < 4.78 is 0. The molecule has 0 saturated heterocycles. The van der Waals surface area contributed by atoms with Gasteiger partial charge in [-0.25, -0.2) is 0 Å². The van der Waals surface area contributed by atoms with Crippen molar-refractivity contribution in [1.82, 2.24) is 4.98 Å². The molecular weight excluding hydrogens is 200 g/mol. The summed E-state index contributed by atoms with van der Waals surface area (Å²) in [5.41, 5.74) is 3.92. The highest BCUT2D eigenvalue weighted by Crippen LogP contribution is 2.51. The Bertz CT molecular complexity index is 487. The number of fused-ring (bicyclic) bond motifs is 1. The largest absolute Gasteiger partial charge is 0.370 e. The van der Waals surface area contributed by atoms with Crippen molar-refractivity contribution in [3.63, 3.8) is 0 Å². The predicted molar refractivity (Wildman–Crippen MR) is 64.1 cm³/mol. The van der Waals surface area contributed by atoms with E-state index in [0.717, 1.165) is 35.5 Å². The number of aryl methyl sites for hydroxylation is 1. The number of aromatic nitrogens is 1. The van der Waals surface area contributed by atoms with Gasteiger partial charge in [0.15, 0.2) is 5.78 Å². The molecule has 86 valence electrons. The molecule has 2 N–H and O–H groups in total. The van der Waals surface area contributed by atoms with E-state index in [1.54, 1.807) is 0 Å². The molecule has 2 heterocycles. The van der Waals surface area contributed by atoms with E-state index in [1.165, 1.54) is 0 Å². The lowest BCUT2D eigenvalue weighted by atomic mass is 9.88. The van der Waals surface area contributed by atoms with Gasteiger partial charge >= 0.3 is 0 Å². The van der Waals surface area contributed by atoms with Gasteiger partial charge < -0.3 is 10.3 Å². The lowest BCUT2D eigenvalue weighted by Gasteiger charge is -2.18. The summed E-state index contributed by atoms with van der Waals surface area (Å²) in [5.74, 6) is 0.303. The number of hydrogen-bond acceptors (Lipinski definition) is 2. The van der Waals surface area contributed by atoms with E-state index in [1.807, 2.05) is 6.92 Å². The quantitative estimate of drug-likeness (QED) is 0.703. The van der Waals surface area contributed by atoms with Gasteiger partial charge in [-0.3, -0.25) is 4.79 Å². The van der Waals surface area contributed by atoms with Gasteiger partial charge in [0.2, 0.25) is 0 Å². The molecule has 0 bridgehead atoms. The third-order valence-corrected chi connectivity index (χ3v) is 3.71. The van der Waals surface area contributed by atoms with Crippen LogP contribution in [0.1, 0.15) is 55.4 Å². The van der Waals surface area contributed by atoms with E-state index in [-0.39, 0.29) is 11.0 Å². The molecule has 2 aliphatic rings. The molecule has 1 spiro atoms. The predicted octanol–water partition coefficient (Wildman–Crippen LogP) is 2.76. The van der Waals surface area contributed by atoms with Crippen LogP contribution in [0.25, 0.3) is 0 Å². The van der Waals surface area contributed by atoms with E-state index in [0.29, 0.717) is 5.78 Å². The van der Waals surface area contributed by atoms with E-state index in [9.17, 15) is 4.79 Å². The van der Waals surface area contributed by atoms with Gasteiger partial charge in [-0.15, -0.1) is 0 Å². The highest BCUT2D eigenvalue weighted by Gasteiger charge is 2.56. The Hall–Kier alpha value is -1.25. The molecule has 3 rings (SSSR count). The summed E-state index contributed by atoms with van der Waals surface area (Å²) in [4.78, 5) is 15.7. The summed E-state index contributed by atoms with van der Waals surface area (Å²) >= 11 is 0. The van der Waals surface area contributed by atoms with Crippen LogP contribution in [0.5, 0.6) is 0 Å². The zero-order valence-corrected chi connectivity index (χ0v) is 10.3. The second-order valence-electron chi connectivity index (χ2n) is 6.16. The maximum absolute atomic E-state index is 12.4. The Labute approximate surface area is 95.6 Å². The standard InChI is InChI=1S/C13H18N2O/c1-7-9-8(10(14-7)12(2,3)4)11(16)13(15-9)5-6-13/h14-15H,5-6H2,1-4H3. The van der Waals surface area contributed by atoms with E-state index in [2.05, 4.69) is 31.1 Å². The molecule has 0 radical (unpaired) electrons. The number of anilines is 1. The van der Waals surface area contributed by atoms with Crippen molar-refractivity contribution in [3.05, 3.63) is 17.0 Å². The zero-order valence-electron chi connectivity index (χ0n) is 10.3. The highest BCUT2D eigenvalue weighted by atomic mass is 16.1. The molecule has 1 aliphatic carbocycles. The fourth-order valence-electron chi connectivity index (χ4n) is 2.58. The van der Waals surface area contributed by atoms with Gasteiger partial charge in [0.05, 0.1) is 11.3 Å². The first-order valence-electron chi connectivity index (χ1n) is 5.91. The summed E-state index contributed by atoms with van der Waals surface area (Å²) in [6.07, 6.45) is 1.98. The van der Waals surface area contributed by atoms with Gasteiger partial charge in [-0.1, -0.05) is 20.8 Å². The minimum Gasteiger partial charge on any atom is -0.370 e. The van der Waals surface area contributed by atoms with Crippen molar-refractivity contribution in [2.24, 2.45) is 0 Å². The number of carbonyl (C=O) groups excluding carboxylic acids is 1. The molecule has 1 aromatic heterocycles. The van der Waals surface area contributed by atoms with Crippen LogP contribution in [0.4, 0.5) is 5.69 Å². The van der Waals surface area contributed by atoms with Gasteiger partial charge in [-0.05, 0) is 19.8 Å². The minimum atomic E-state index is -0.218. The Morgan fingerprint density at radius 3 is 2.38 bits per heavy atom. The van der Waals surface area contributed by atoms with Crippen molar-refractivity contribution in [2.45, 2.75) is 51.5 Å². The molecule has 1 aromatic rings. The second-order valence-corrected chi connectivity index (χ2v) is 6.16. The monoisotopic (exact) mass is 218 g/mol. The maximum Gasteiger partial charge on any atom is 0.192 e. The maximum atomic E-state index is 12.4. The SMILES string of the molecule is Cc1[nH]c(C(C)(C)C)c2c1NC1(CC1)C2=O. The van der Waals surface area contributed by atoms with Crippen LogP contribution in [-0.2, 0) is 5.41 Å². The Balaban J connectivity index is 2.20. The van der Waals surface area contributed by atoms with E-state index >= 15 is 0 Å². The van der Waals surface area contributed by atoms with E-state index < -0.39 is 0 Å². The van der Waals surface area contributed by atoms with Crippen LogP contribution in [0, 0.1) is 6.92 Å². The first-order chi connectivity index (χ1) is 7.35. The fraction of sp³-hybridized carbons (Fsp3) is 0.615. The van der Waals surface area contributed by atoms with Crippen molar-refractivity contribution >= 4 is 11.5 Å². The number of carbonyl (C=O) groups is 1. The number of ketones is 1. The Kier molecular flexibility index (Phi) is 1.57. The number of H-pyrrole nitrogens is 1. The van der Waals surface area contributed by atoms with Gasteiger partial charge in [0.1, 0.15) is 5.54 Å². The number of hydrogen-bond donors (Lipinski definition) is 2. The first-order valence-corrected chi connectivity index (χ1v) is 5.91. The molecular formula is C13H18N2O. The van der Waals surface area contributed by atoms with Crippen LogP contribution in [0.2, 0.25) is 0 Å². The van der Waals surface area contributed by atoms with Crippen molar-refractivity contribution in [2.75, 3.05) is 5.32 Å². The number of nitrogens with one attached hydrogen (secondary N) is 2. The Morgan fingerprint density at radius 1 is 1.25 bits per heavy atom. The smallest absolute Gasteiger partial charge is 0.192 e. The molecule has 3 nitrogen and oxygen atoms in total. The van der Waals surface area contributed by atoms with Crippen LogP contribution < -0.4 is 5.32 Å². The molecule has 16 heavy (non-hydrogen) atoms. The fourth-order valence-corrected chi connectivity index (χ4v) is 2.58. The lowest BCUT2D eigenvalue weighted by molar-refractivity contribution is 0.0967. The first kappa shape index (κ1) is 9.94. The van der Waals surface area contributed by atoms with Crippen molar-refractivity contribution in [1.29, 1.82) is 0 Å². The number of Topliss-reactive ketones (excluding diaryl/α,β-unsaturated/α-hetero) is 1. The number of rotatable bonds is 0. The molecule has 0 unspecified atom stereocenters. The van der Waals surface area contributed by atoms with E-state index in [4.69, 9.17) is 0 Å². The van der Waals surface area contributed by atoms with Crippen LogP contribution >= 0.6 is 0 Å². The third-order valence-electron chi connectivity index (χ3n) is 3.71. The molecule has 1 saturated carbocycles. The third kappa shape index (κ3) is 1.06. The highest BCUT2D eigenvalue weighted by molar-refractivity contribution is 6.16. The van der Waals surface area contributed by atoms with Crippen LogP contribution in [0.3, 0.4) is 0 Å². The summed E-state index contributed by atoms with van der Waals surface area (Å²) in [6, 6.07) is 0. The average Bonchev–Trinajstić information content (AvgIpc) is 2.78. The topological polar surface area (TPSA) is 44.9 Å². The molecule has 0 amide bonds. The molecule has 3 heteroatoms. The normalized spacial score (nSPS) is 21.1. The summed E-state index contributed by atoms with van der Waals surface area (Å²) in [6.45, 7) is 8.47. The van der Waals surface area contributed by atoms with Crippen molar-refractivity contribution < 1.29 is 4.79 Å². The molecule has 0 atom stereocenters. The Morgan fingerprint density at radius 2 is 1.88 bits per heavy atom.